The first kappa shape index (κ1) is 17.5. The summed E-state index contributed by atoms with van der Waals surface area (Å²) < 4.78 is 0. The minimum atomic E-state index is -0.866. The van der Waals surface area contributed by atoms with Crippen molar-refractivity contribution in [1.29, 1.82) is 0 Å². The van der Waals surface area contributed by atoms with Gasteiger partial charge in [0.2, 0.25) is 11.8 Å². The molecule has 1 aromatic rings. The Balaban J connectivity index is 2.18. The lowest BCUT2D eigenvalue weighted by molar-refractivity contribution is -0.121. The Hall–Kier alpha value is -1.88. The Morgan fingerprint density at radius 3 is 2.70 bits per heavy atom. The van der Waals surface area contributed by atoms with Gasteiger partial charge in [-0.25, -0.2) is 0 Å². The van der Waals surface area contributed by atoms with E-state index in [1.807, 2.05) is 30.0 Å². The predicted molar refractivity (Wildman–Crippen MR) is 93.5 cm³/mol. The van der Waals surface area contributed by atoms with Gasteiger partial charge in [0.15, 0.2) is 0 Å². The molecular formula is C18H27N3O2. The Labute approximate surface area is 138 Å². The number of carbonyl (C=O) groups is 2. The number of fused-ring (bicyclic) bond motifs is 1. The highest BCUT2D eigenvalue weighted by Crippen LogP contribution is 2.30. The summed E-state index contributed by atoms with van der Waals surface area (Å²) in [5.41, 5.74) is 8.01. The highest BCUT2D eigenvalue weighted by Gasteiger charge is 2.28. The molecule has 0 fully saturated rings. The molecule has 0 saturated heterocycles. The number of rotatable bonds is 6. The lowest BCUT2D eigenvalue weighted by Crippen LogP contribution is -2.48. The molecule has 0 spiro atoms. The van der Waals surface area contributed by atoms with Gasteiger partial charge in [-0.1, -0.05) is 20.3 Å². The van der Waals surface area contributed by atoms with Crippen LogP contribution in [0.4, 0.5) is 11.4 Å². The van der Waals surface area contributed by atoms with E-state index in [9.17, 15) is 9.59 Å². The van der Waals surface area contributed by atoms with E-state index in [0.717, 1.165) is 36.3 Å². The number of nitrogens with two attached hydrogens (primary N) is 1. The molecular weight excluding hydrogens is 290 g/mol. The zero-order valence-electron chi connectivity index (χ0n) is 14.3. The van der Waals surface area contributed by atoms with Crippen LogP contribution < -0.4 is 16.0 Å². The second kappa shape index (κ2) is 7.13. The van der Waals surface area contributed by atoms with E-state index in [-0.39, 0.29) is 11.8 Å². The lowest BCUT2D eigenvalue weighted by atomic mass is 9.96. The standard InChI is InChI=1S/C18H27N3O2/c1-4-10-18(3,19)17(23)20-14-7-8-15-13(12-14)6-9-16(22)21(15)11-5-2/h7-8,12H,4-6,9-11,19H2,1-3H3,(H,20,23). The topological polar surface area (TPSA) is 75.4 Å². The summed E-state index contributed by atoms with van der Waals surface area (Å²) in [4.78, 5) is 26.2. The minimum absolute atomic E-state index is 0.170. The number of nitrogens with zero attached hydrogens (tertiary/aromatic N) is 1. The van der Waals surface area contributed by atoms with Gasteiger partial charge in [-0.2, -0.15) is 0 Å². The van der Waals surface area contributed by atoms with E-state index in [1.165, 1.54) is 0 Å². The Bertz CT molecular complexity index is 596. The van der Waals surface area contributed by atoms with Crippen molar-refractivity contribution in [2.24, 2.45) is 5.73 Å². The van der Waals surface area contributed by atoms with E-state index in [0.29, 0.717) is 19.3 Å². The van der Waals surface area contributed by atoms with Crippen molar-refractivity contribution < 1.29 is 9.59 Å². The molecule has 0 radical (unpaired) electrons. The highest BCUT2D eigenvalue weighted by molar-refractivity contribution is 5.99. The van der Waals surface area contributed by atoms with Crippen molar-refractivity contribution in [3.05, 3.63) is 23.8 Å². The van der Waals surface area contributed by atoms with E-state index in [2.05, 4.69) is 12.2 Å². The van der Waals surface area contributed by atoms with E-state index >= 15 is 0 Å². The molecule has 5 heteroatoms. The molecule has 5 nitrogen and oxygen atoms in total. The first-order chi connectivity index (χ1) is 10.9. The lowest BCUT2D eigenvalue weighted by Gasteiger charge is -2.30. The minimum Gasteiger partial charge on any atom is -0.324 e. The molecule has 2 amide bonds. The molecule has 1 aromatic carbocycles. The number of nitrogens with one attached hydrogen (secondary N) is 1. The number of hydrogen-bond acceptors (Lipinski definition) is 3. The molecule has 23 heavy (non-hydrogen) atoms. The molecule has 1 atom stereocenters. The van der Waals surface area contributed by atoms with Crippen molar-refractivity contribution in [3.8, 4) is 0 Å². The van der Waals surface area contributed by atoms with Crippen molar-refractivity contribution in [2.45, 2.75) is 58.4 Å². The summed E-state index contributed by atoms with van der Waals surface area (Å²) in [5, 5.41) is 2.91. The zero-order valence-corrected chi connectivity index (χ0v) is 14.3. The molecule has 3 N–H and O–H groups in total. The summed E-state index contributed by atoms with van der Waals surface area (Å²) in [6.07, 6.45) is 3.66. The zero-order chi connectivity index (χ0) is 17.0. The fourth-order valence-corrected chi connectivity index (χ4v) is 3.01. The summed E-state index contributed by atoms with van der Waals surface area (Å²) in [5.74, 6) is 0.00483. The number of hydrogen-bond donors (Lipinski definition) is 2. The van der Waals surface area contributed by atoms with Gasteiger partial charge in [0.1, 0.15) is 0 Å². The van der Waals surface area contributed by atoms with Crippen LogP contribution >= 0.6 is 0 Å². The van der Waals surface area contributed by atoms with Gasteiger partial charge in [0.25, 0.3) is 0 Å². The SMILES string of the molecule is CCCN1C(=O)CCc2cc(NC(=O)C(C)(N)CCC)ccc21. The number of amides is 2. The first-order valence-electron chi connectivity index (χ1n) is 8.42. The van der Waals surface area contributed by atoms with Crippen LogP contribution in [0, 0.1) is 0 Å². The van der Waals surface area contributed by atoms with Gasteiger partial charge < -0.3 is 16.0 Å². The van der Waals surface area contributed by atoms with E-state index < -0.39 is 5.54 Å². The summed E-state index contributed by atoms with van der Waals surface area (Å²) in [6, 6.07) is 5.73. The molecule has 2 rings (SSSR count). The van der Waals surface area contributed by atoms with Crippen LogP contribution in [0.25, 0.3) is 0 Å². The number of carbonyl (C=O) groups excluding carboxylic acids is 2. The smallest absolute Gasteiger partial charge is 0.244 e. The Morgan fingerprint density at radius 1 is 1.30 bits per heavy atom. The quantitative estimate of drug-likeness (QED) is 0.847. The largest absolute Gasteiger partial charge is 0.324 e. The van der Waals surface area contributed by atoms with E-state index in [4.69, 9.17) is 5.73 Å². The number of benzene rings is 1. The van der Waals surface area contributed by atoms with Crippen LogP contribution in [0.3, 0.4) is 0 Å². The molecule has 126 valence electrons. The van der Waals surface area contributed by atoms with Gasteiger partial charge >= 0.3 is 0 Å². The van der Waals surface area contributed by atoms with Crippen LogP contribution in [0.15, 0.2) is 18.2 Å². The maximum atomic E-state index is 12.3. The van der Waals surface area contributed by atoms with Crippen molar-refractivity contribution in [3.63, 3.8) is 0 Å². The van der Waals surface area contributed by atoms with Crippen LogP contribution in [-0.2, 0) is 16.0 Å². The van der Waals surface area contributed by atoms with Crippen molar-refractivity contribution in [2.75, 3.05) is 16.8 Å². The third-order valence-electron chi connectivity index (χ3n) is 4.27. The van der Waals surface area contributed by atoms with Gasteiger partial charge in [-0.05, 0) is 49.9 Å². The van der Waals surface area contributed by atoms with Gasteiger partial charge in [-0.15, -0.1) is 0 Å². The summed E-state index contributed by atoms with van der Waals surface area (Å²) >= 11 is 0. The summed E-state index contributed by atoms with van der Waals surface area (Å²) in [7, 11) is 0. The third kappa shape index (κ3) is 3.91. The predicted octanol–water partition coefficient (Wildman–Crippen LogP) is 2.83. The highest BCUT2D eigenvalue weighted by atomic mass is 16.2. The fourth-order valence-electron chi connectivity index (χ4n) is 3.01. The number of anilines is 2. The molecule has 1 heterocycles. The molecule has 0 bridgehead atoms. The fraction of sp³-hybridized carbons (Fsp3) is 0.556. The van der Waals surface area contributed by atoms with Crippen LogP contribution in [-0.4, -0.2) is 23.9 Å². The van der Waals surface area contributed by atoms with Crippen molar-refractivity contribution >= 4 is 23.2 Å². The van der Waals surface area contributed by atoms with Gasteiger partial charge in [0.05, 0.1) is 5.54 Å². The van der Waals surface area contributed by atoms with Gasteiger partial charge in [0, 0.05) is 24.3 Å². The van der Waals surface area contributed by atoms with E-state index in [1.54, 1.807) is 6.92 Å². The van der Waals surface area contributed by atoms with Crippen LogP contribution in [0.5, 0.6) is 0 Å². The maximum Gasteiger partial charge on any atom is 0.244 e. The normalized spacial score (nSPS) is 16.7. The molecule has 1 aliphatic rings. The number of aryl methyl sites for hydroxylation is 1. The monoisotopic (exact) mass is 317 g/mol. The third-order valence-corrected chi connectivity index (χ3v) is 4.27. The molecule has 0 saturated carbocycles. The maximum absolute atomic E-state index is 12.3. The average molecular weight is 317 g/mol. The Morgan fingerprint density at radius 2 is 2.04 bits per heavy atom. The molecule has 1 aliphatic heterocycles. The Kier molecular flexibility index (Phi) is 5.42. The van der Waals surface area contributed by atoms with Crippen molar-refractivity contribution in [1.82, 2.24) is 0 Å². The molecule has 0 aromatic heterocycles. The average Bonchev–Trinajstić information content (AvgIpc) is 2.50. The van der Waals surface area contributed by atoms with Crippen LogP contribution in [0.1, 0.15) is 52.0 Å². The summed E-state index contributed by atoms with van der Waals surface area (Å²) in [6.45, 7) is 6.56. The molecule has 0 aliphatic carbocycles. The molecule has 1 unspecified atom stereocenters. The van der Waals surface area contributed by atoms with Crippen LogP contribution in [0.2, 0.25) is 0 Å². The second-order valence-corrected chi connectivity index (χ2v) is 6.51. The second-order valence-electron chi connectivity index (χ2n) is 6.51. The van der Waals surface area contributed by atoms with Gasteiger partial charge in [-0.3, -0.25) is 9.59 Å². The first-order valence-corrected chi connectivity index (χ1v) is 8.42.